The van der Waals surface area contributed by atoms with E-state index < -0.39 is 0 Å². The quantitative estimate of drug-likeness (QED) is 0.609. The van der Waals surface area contributed by atoms with Crippen molar-refractivity contribution >= 4 is 38.3 Å². The minimum Gasteiger partial charge on any atom is -0.450 e. The second-order valence-corrected chi connectivity index (χ2v) is 8.36. The van der Waals surface area contributed by atoms with Crippen molar-refractivity contribution in [1.82, 2.24) is 24.4 Å². The molecule has 0 saturated carbocycles. The number of carbonyl (C=O) groups excluding carboxylic acids is 1. The van der Waals surface area contributed by atoms with Gasteiger partial charge in [-0.05, 0) is 19.1 Å². The first-order valence-electron chi connectivity index (χ1n) is 8.87. The molecule has 1 aliphatic rings. The number of hydrogen-bond donors (Lipinski definition) is 0. The van der Waals surface area contributed by atoms with Gasteiger partial charge >= 0.3 is 6.09 Å². The van der Waals surface area contributed by atoms with Gasteiger partial charge < -0.3 is 9.64 Å². The lowest BCUT2D eigenvalue weighted by Gasteiger charge is -2.33. The van der Waals surface area contributed by atoms with Crippen molar-refractivity contribution in [1.29, 1.82) is 0 Å². The summed E-state index contributed by atoms with van der Waals surface area (Å²) in [6.45, 7) is 6.19. The van der Waals surface area contributed by atoms with Crippen molar-refractivity contribution in [2.24, 2.45) is 0 Å². The van der Waals surface area contributed by atoms with Gasteiger partial charge in [0.15, 0.2) is 5.82 Å². The number of carbonyl (C=O) groups is 1. The Balaban J connectivity index is 1.44. The van der Waals surface area contributed by atoms with Crippen molar-refractivity contribution in [3.8, 4) is 11.4 Å². The lowest BCUT2D eigenvalue weighted by molar-refractivity contribution is 0.0781. The van der Waals surface area contributed by atoms with Gasteiger partial charge in [-0.25, -0.2) is 4.79 Å². The average Bonchev–Trinajstić information content (AvgIpc) is 3.22. The van der Waals surface area contributed by atoms with E-state index in [0.29, 0.717) is 19.7 Å². The summed E-state index contributed by atoms with van der Waals surface area (Å²) in [5, 5.41) is 8.65. The summed E-state index contributed by atoms with van der Waals surface area (Å²) < 4.78 is 8.15. The topological polar surface area (TPSA) is 63.0 Å². The first kappa shape index (κ1) is 18.4. The molecule has 27 heavy (non-hydrogen) atoms. The standard InChI is InChI=1S/C18H20BrN5O2S/c1-2-26-18(25)23-8-6-22(7-9-23)11-15-12-24-16(20-21-17(24)27-15)13-4-3-5-14(19)10-13/h3-5,10,12H,2,6-9,11H2,1H3. The molecule has 0 aliphatic carbocycles. The smallest absolute Gasteiger partial charge is 0.409 e. The second kappa shape index (κ2) is 7.95. The number of hydrogen-bond acceptors (Lipinski definition) is 6. The van der Waals surface area contributed by atoms with E-state index in [0.717, 1.165) is 40.5 Å². The highest BCUT2D eigenvalue weighted by Gasteiger charge is 2.22. The molecule has 7 nitrogen and oxygen atoms in total. The van der Waals surface area contributed by atoms with Crippen LogP contribution >= 0.6 is 27.3 Å². The first-order chi connectivity index (χ1) is 13.1. The number of halogens is 1. The third-order valence-electron chi connectivity index (χ3n) is 4.52. The summed E-state index contributed by atoms with van der Waals surface area (Å²) in [6, 6.07) is 8.07. The first-order valence-corrected chi connectivity index (χ1v) is 10.5. The van der Waals surface area contributed by atoms with E-state index in [9.17, 15) is 4.79 Å². The van der Waals surface area contributed by atoms with Gasteiger partial charge in [-0.15, -0.1) is 10.2 Å². The molecular formula is C18H20BrN5O2S. The lowest BCUT2D eigenvalue weighted by atomic mass is 10.2. The highest BCUT2D eigenvalue weighted by atomic mass is 79.9. The Morgan fingerprint density at radius 3 is 2.81 bits per heavy atom. The molecule has 1 saturated heterocycles. The van der Waals surface area contributed by atoms with E-state index in [1.54, 1.807) is 16.2 Å². The van der Waals surface area contributed by atoms with Gasteiger partial charge in [-0.3, -0.25) is 9.30 Å². The van der Waals surface area contributed by atoms with Crippen LogP contribution in [0, 0.1) is 0 Å². The average molecular weight is 450 g/mol. The molecule has 2 aromatic heterocycles. The number of thiazole rings is 1. The predicted molar refractivity (Wildman–Crippen MR) is 108 cm³/mol. The number of piperazine rings is 1. The summed E-state index contributed by atoms with van der Waals surface area (Å²) in [5.41, 5.74) is 1.03. The molecule has 0 bridgehead atoms. The minimum absolute atomic E-state index is 0.212. The minimum atomic E-state index is -0.212. The molecule has 3 heterocycles. The van der Waals surface area contributed by atoms with Gasteiger partial charge in [-0.2, -0.15) is 0 Å². The van der Waals surface area contributed by atoms with Gasteiger partial charge in [0, 0.05) is 53.8 Å². The Labute approximate surface area is 169 Å². The van der Waals surface area contributed by atoms with Crippen LogP contribution in [0.4, 0.5) is 4.79 Å². The molecule has 0 N–H and O–H groups in total. The van der Waals surface area contributed by atoms with Crippen molar-refractivity contribution in [3.05, 3.63) is 39.8 Å². The van der Waals surface area contributed by atoms with Crippen LogP contribution in [0.1, 0.15) is 11.8 Å². The Kier molecular flexibility index (Phi) is 5.42. The molecule has 142 valence electrons. The van der Waals surface area contributed by atoms with Crippen molar-refractivity contribution in [2.45, 2.75) is 13.5 Å². The maximum absolute atomic E-state index is 11.8. The maximum Gasteiger partial charge on any atom is 0.409 e. The number of amides is 1. The fourth-order valence-corrected chi connectivity index (χ4v) is 4.53. The molecule has 0 spiro atoms. The molecule has 0 atom stereocenters. The largest absolute Gasteiger partial charge is 0.450 e. The Morgan fingerprint density at radius 1 is 1.26 bits per heavy atom. The molecule has 1 amide bonds. The van der Waals surface area contributed by atoms with E-state index in [2.05, 4.69) is 41.6 Å². The SMILES string of the molecule is CCOC(=O)N1CCN(Cc2cn3c(-c4cccc(Br)c4)nnc3s2)CC1. The number of fused-ring (bicyclic) bond motifs is 1. The molecule has 1 fully saturated rings. The van der Waals surface area contributed by atoms with Crippen molar-refractivity contribution in [2.75, 3.05) is 32.8 Å². The fraction of sp³-hybridized carbons (Fsp3) is 0.389. The van der Waals surface area contributed by atoms with E-state index >= 15 is 0 Å². The Bertz CT molecular complexity index is 948. The third-order valence-corrected chi connectivity index (χ3v) is 5.97. The van der Waals surface area contributed by atoms with Gasteiger partial charge in [0.2, 0.25) is 4.96 Å². The molecule has 3 aromatic rings. The normalized spacial score (nSPS) is 15.4. The second-order valence-electron chi connectivity index (χ2n) is 6.35. The summed E-state index contributed by atoms with van der Waals surface area (Å²) in [4.78, 5) is 18.1. The third kappa shape index (κ3) is 3.99. The molecular weight excluding hydrogens is 430 g/mol. The van der Waals surface area contributed by atoms with Gasteiger partial charge in [0.25, 0.3) is 0 Å². The van der Waals surface area contributed by atoms with Crippen LogP contribution in [0.15, 0.2) is 34.9 Å². The van der Waals surface area contributed by atoms with E-state index in [1.165, 1.54) is 4.88 Å². The van der Waals surface area contributed by atoms with Crippen molar-refractivity contribution < 1.29 is 9.53 Å². The molecule has 1 aliphatic heterocycles. The van der Waals surface area contributed by atoms with E-state index in [-0.39, 0.29) is 6.09 Å². The zero-order chi connectivity index (χ0) is 18.8. The molecule has 0 unspecified atom stereocenters. The number of rotatable bonds is 4. The monoisotopic (exact) mass is 449 g/mol. The van der Waals surface area contributed by atoms with Crippen LogP contribution in [0.2, 0.25) is 0 Å². The zero-order valence-electron chi connectivity index (χ0n) is 15.0. The number of benzene rings is 1. The van der Waals surface area contributed by atoms with Gasteiger partial charge in [0.1, 0.15) is 0 Å². The number of ether oxygens (including phenoxy) is 1. The maximum atomic E-state index is 11.8. The Hall–Kier alpha value is -1.97. The van der Waals surface area contributed by atoms with Gasteiger partial charge in [0.05, 0.1) is 6.61 Å². The molecule has 4 rings (SSSR count). The number of nitrogens with zero attached hydrogens (tertiary/aromatic N) is 5. The van der Waals surface area contributed by atoms with Crippen LogP contribution in [-0.4, -0.2) is 63.3 Å². The highest BCUT2D eigenvalue weighted by molar-refractivity contribution is 9.10. The fourth-order valence-electron chi connectivity index (χ4n) is 3.17. The van der Waals surface area contributed by atoms with Crippen LogP contribution in [0.25, 0.3) is 16.3 Å². The Morgan fingerprint density at radius 2 is 2.07 bits per heavy atom. The molecule has 0 radical (unpaired) electrons. The molecule has 1 aromatic carbocycles. The van der Waals surface area contributed by atoms with Crippen molar-refractivity contribution in [3.63, 3.8) is 0 Å². The highest BCUT2D eigenvalue weighted by Crippen LogP contribution is 2.26. The van der Waals surface area contributed by atoms with Crippen LogP contribution in [0.3, 0.4) is 0 Å². The lowest BCUT2D eigenvalue weighted by Crippen LogP contribution is -2.48. The predicted octanol–water partition coefficient (Wildman–Crippen LogP) is 3.49. The zero-order valence-corrected chi connectivity index (χ0v) is 17.4. The number of aromatic nitrogens is 3. The van der Waals surface area contributed by atoms with Gasteiger partial charge in [-0.1, -0.05) is 39.4 Å². The molecule has 9 heteroatoms. The van der Waals surface area contributed by atoms with Crippen LogP contribution in [-0.2, 0) is 11.3 Å². The van der Waals surface area contributed by atoms with E-state index in [1.807, 2.05) is 31.2 Å². The summed E-state index contributed by atoms with van der Waals surface area (Å²) >= 11 is 5.17. The van der Waals surface area contributed by atoms with Crippen LogP contribution in [0.5, 0.6) is 0 Å². The summed E-state index contributed by atoms with van der Waals surface area (Å²) in [5.74, 6) is 0.848. The summed E-state index contributed by atoms with van der Waals surface area (Å²) in [6.07, 6.45) is 1.91. The van der Waals surface area contributed by atoms with Crippen LogP contribution < -0.4 is 0 Å². The van der Waals surface area contributed by atoms with E-state index in [4.69, 9.17) is 4.74 Å². The summed E-state index contributed by atoms with van der Waals surface area (Å²) in [7, 11) is 0.